The van der Waals surface area contributed by atoms with Crippen molar-refractivity contribution in [2.75, 3.05) is 13.2 Å². The Bertz CT molecular complexity index is 247. The van der Waals surface area contributed by atoms with Gasteiger partial charge in [0.2, 0.25) is 0 Å². The molecule has 5 heteroatoms. The lowest BCUT2D eigenvalue weighted by molar-refractivity contribution is -0.138. The molecule has 0 fully saturated rings. The van der Waals surface area contributed by atoms with Gasteiger partial charge in [0.05, 0.1) is 6.61 Å². The summed E-state index contributed by atoms with van der Waals surface area (Å²) in [6.07, 6.45) is 7.43. The van der Waals surface area contributed by atoms with E-state index in [1.807, 2.05) is 0 Å². The largest absolute Gasteiger partial charge is 0.478 e. The number of aliphatic carboxylic acids is 1. The number of aliphatic hydroxyl groups is 1. The molecular weight excluding hydrogens is 224 g/mol. The van der Waals surface area contributed by atoms with E-state index in [1.54, 1.807) is 0 Å². The maximum atomic E-state index is 10.9. The zero-order chi connectivity index (χ0) is 12.9. The summed E-state index contributed by atoms with van der Waals surface area (Å²) in [5.74, 6) is -1.78. The summed E-state index contributed by atoms with van der Waals surface area (Å²) in [6, 6.07) is 0. The first-order chi connectivity index (χ1) is 8.16. The summed E-state index contributed by atoms with van der Waals surface area (Å²) in [7, 11) is 0. The highest BCUT2D eigenvalue weighted by atomic mass is 16.5. The fourth-order valence-corrected chi connectivity index (χ4v) is 1.28. The van der Waals surface area contributed by atoms with Crippen LogP contribution in [0.2, 0.25) is 0 Å². The van der Waals surface area contributed by atoms with Crippen molar-refractivity contribution >= 4 is 11.9 Å². The summed E-state index contributed by atoms with van der Waals surface area (Å²) in [5.41, 5.74) is 0. The third kappa shape index (κ3) is 12.6. The van der Waals surface area contributed by atoms with Crippen molar-refractivity contribution in [3.63, 3.8) is 0 Å². The molecule has 98 valence electrons. The Hall–Kier alpha value is -1.36. The number of carboxylic acids is 1. The van der Waals surface area contributed by atoms with E-state index in [2.05, 4.69) is 0 Å². The van der Waals surface area contributed by atoms with E-state index in [0.29, 0.717) is 6.61 Å². The molecule has 0 aromatic heterocycles. The number of aliphatic hydroxyl groups excluding tert-OH is 1. The van der Waals surface area contributed by atoms with Gasteiger partial charge in [0.1, 0.15) is 0 Å². The van der Waals surface area contributed by atoms with Crippen molar-refractivity contribution in [1.82, 2.24) is 0 Å². The molecule has 0 rings (SSSR count). The third-order valence-corrected chi connectivity index (χ3v) is 2.16. The van der Waals surface area contributed by atoms with Gasteiger partial charge in [0.25, 0.3) is 0 Å². The van der Waals surface area contributed by atoms with Crippen LogP contribution in [0.15, 0.2) is 12.2 Å². The van der Waals surface area contributed by atoms with Crippen molar-refractivity contribution in [2.24, 2.45) is 0 Å². The van der Waals surface area contributed by atoms with Crippen LogP contribution >= 0.6 is 0 Å². The fourth-order valence-electron chi connectivity index (χ4n) is 1.28. The van der Waals surface area contributed by atoms with Gasteiger partial charge in [-0.25, -0.2) is 9.59 Å². The predicted octanol–water partition coefficient (Wildman–Crippen LogP) is 1.50. The van der Waals surface area contributed by atoms with Crippen LogP contribution in [-0.4, -0.2) is 35.4 Å². The monoisotopic (exact) mass is 244 g/mol. The average molecular weight is 244 g/mol. The first-order valence-corrected chi connectivity index (χ1v) is 5.85. The molecular formula is C12H20O5. The molecule has 0 aromatic rings. The van der Waals surface area contributed by atoms with Gasteiger partial charge < -0.3 is 14.9 Å². The van der Waals surface area contributed by atoms with Gasteiger partial charge in [-0.2, -0.15) is 0 Å². The highest BCUT2D eigenvalue weighted by molar-refractivity contribution is 5.90. The molecule has 0 heterocycles. The third-order valence-electron chi connectivity index (χ3n) is 2.16. The molecule has 0 saturated carbocycles. The number of carboxylic acid groups (broad SMARTS) is 1. The molecule has 0 saturated heterocycles. The summed E-state index contributed by atoms with van der Waals surface area (Å²) in [5, 5.41) is 16.8. The Balaban J connectivity index is 3.28. The van der Waals surface area contributed by atoms with Crippen LogP contribution in [0.25, 0.3) is 0 Å². The first-order valence-electron chi connectivity index (χ1n) is 5.85. The lowest BCUT2D eigenvalue weighted by Crippen LogP contribution is -2.03. The number of carbonyl (C=O) groups excluding carboxylic acids is 1. The molecule has 0 aliphatic rings. The topological polar surface area (TPSA) is 83.8 Å². The van der Waals surface area contributed by atoms with Gasteiger partial charge in [-0.1, -0.05) is 25.7 Å². The minimum Gasteiger partial charge on any atom is -0.478 e. The minimum atomic E-state index is -1.16. The van der Waals surface area contributed by atoms with E-state index in [4.69, 9.17) is 14.9 Å². The molecule has 17 heavy (non-hydrogen) atoms. The van der Waals surface area contributed by atoms with Gasteiger partial charge in [-0.3, -0.25) is 0 Å². The van der Waals surface area contributed by atoms with E-state index < -0.39 is 11.9 Å². The molecule has 0 radical (unpaired) electrons. The number of esters is 1. The van der Waals surface area contributed by atoms with Crippen LogP contribution < -0.4 is 0 Å². The highest BCUT2D eigenvalue weighted by Gasteiger charge is 1.98. The van der Waals surface area contributed by atoms with Crippen molar-refractivity contribution in [3.05, 3.63) is 12.2 Å². The van der Waals surface area contributed by atoms with Crippen molar-refractivity contribution in [3.8, 4) is 0 Å². The highest BCUT2D eigenvalue weighted by Crippen LogP contribution is 2.05. The number of hydrogen-bond acceptors (Lipinski definition) is 4. The summed E-state index contributed by atoms with van der Waals surface area (Å²) >= 11 is 0. The number of carbonyl (C=O) groups is 2. The Labute approximate surface area is 101 Å². The van der Waals surface area contributed by atoms with Crippen molar-refractivity contribution < 1.29 is 24.5 Å². The number of hydrogen-bond donors (Lipinski definition) is 2. The molecule has 0 aliphatic carbocycles. The van der Waals surface area contributed by atoms with Gasteiger partial charge >= 0.3 is 11.9 Å². The maximum absolute atomic E-state index is 10.9. The Morgan fingerprint density at radius 3 is 2.12 bits per heavy atom. The average Bonchev–Trinajstić information content (AvgIpc) is 2.30. The zero-order valence-corrected chi connectivity index (χ0v) is 9.93. The van der Waals surface area contributed by atoms with Crippen LogP contribution in [0.5, 0.6) is 0 Å². The van der Waals surface area contributed by atoms with Crippen molar-refractivity contribution in [2.45, 2.75) is 38.5 Å². The molecule has 0 bridgehead atoms. The molecule has 0 unspecified atom stereocenters. The standard InChI is InChI=1S/C12H20O5/c13-9-5-3-1-2-4-6-10-17-12(16)8-7-11(14)15/h7-8,13H,1-6,9-10H2,(H,14,15). The summed E-state index contributed by atoms with van der Waals surface area (Å²) in [4.78, 5) is 21.0. The molecule has 2 N–H and O–H groups in total. The normalized spacial score (nSPS) is 10.6. The van der Waals surface area contributed by atoms with Crippen molar-refractivity contribution in [1.29, 1.82) is 0 Å². The molecule has 0 spiro atoms. The minimum absolute atomic E-state index is 0.244. The second-order valence-corrected chi connectivity index (χ2v) is 3.68. The van der Waals surface area contributed by atoms with E-state index in [0.717, 1.165) is 50.7 Å². The quantitative estimate of drug-likeness (QED) is 0.345. The smallest absolute Gasteiger partial charge is 0.331 e. The van der Waals surface area contributed by atoms with E-state index in [-0.39, 0.29) is 6.61 Å². The maximum Gasteiger partial charge on any atom is 0.331 e. The van der Waals surface area contributed by atoms with Crippen LogP contribution in [0.1, 0.15) is 38.5 Å². The number of rotatable bonds is 10. The van der Waals surface area contributed by atoms with Crippen LogP contribution in [0, 0.1) is 0 Å². The molecule has 0 amide bonds. The fraction of sp³-hybridized carbons (Fsp3) is 0.667. The van der Waals surface area contributed by atoms with E-state index in [1.165, 1.54) is 0 Å². The summed E-state index contributed by atoms with van der Waals surface area (Å²) < 4.78 is 4.79. The van der Waals surface area contributed by atoms with Crippen LogP contribution in [0.4, 0.5) is 0 Å². The van der Waals surface area contributed by atoms with Gasteiger partial charge in [-0.05, 0) is 12.8 Å². The Morgan fingerprint density at radius 1 is 0.941 bits per heavy atom. The van der Waals surface area contributed by atoms with E-state index >= 15 is 0 Å². The predicted molar refractivity (Wildman–Crippen MR) is 62.5 cm³/mol. The number of ether oxygens (including phenoxy) is 1. The molecule has 5 nitrogen and oxygen atoms in total. The van der Waals surface area contributed by atoms with Gasteiger partial charge in [-0.15, -0.1) is 0 Å². The van der Waals surface area contributed by atoms with E-state index in [9.17, 15) is 9.59 Å². The molecule has 0 aromatic carbocycles. The Kier molecular flexibility index (Phi) is 10.2. The summed E-state index contributed by atoms with van der Waals surface area (Å²) in [6.45, 7) is 0.566. The SMILES string of the molecule is O=C(O)C=CC(=O)OCCCCCCCCO. The second kappa shape index (κ2) is 11.1. The second-order valence-electron chi connectivity index (χ2n) is 3.68. The molecule has 0 atom stereocenters. The van der Waals surface area contributed by atoms with Crippen LogP contribution in [-0.2, 0) is 14.3 Å². The van der Waals surface area contributed by atoms with Crippen LogP contribution in [0.3, 0.4) is 0 Å². The lowest BCUT2D eigenvalue weighted by atomic mass is 10.1. The van der Waals surface area contributed by atoms with Gasteiger partial charge in [0, 0.05) is 18.8 Å². The Morgan fingerprint density at radius 2 is 1.53 bits per heavy atom. The zero-order valence-electron chi connectivity index (χ0n) is 9.93. The van der Waals surface area contributed by atoms with Gasteiger partial charge in [0.15, 0.2) is 0 Å². The lowest BCUT2D eigenvalue weighted by Gasteiger charge is -2.02. The number of unbranched alkanes of at least 4 members (excludes halogenated alkanes) is 5. The molecule has 0 aliphatic heterocycles. The first kappa shape index (κ1) is 15.6.